The fourth-order valence-corrected chi connectivity index (χ4v) is 3.46. The molecule has 6 heteroatoms. The van der Waals surface area contributed by atoms with Crippen LogP contribution in [0.5, 0.6) is 5.75 Å². The van der Waals surface area contributed by atoms with Crippen LogP contribution in [-0.2, 0) is 17.8 Å². The van der Waals surface area contributed by atoms with Gasteiger partial charge < -0.3 is 14.6 Å². The number of aliphatic hydroxyl groups is 1. The number of ether oxygens (including phenoxy) is 2. The van der Waals surface area contributed by atoms with E-state index in [1.165, 1.54) is 0 Å². The molecule has 128 valence electrons. The summed E-state index contributed by atoms with van der Waals surface area (Å²) >= 11 is 1.54. The Kier molecular flexibility index (Phi) is 5.08. The molecule has 0 bridgehead atoms. The molecule has 0 aliphatic carbocycles. The fourth-order valence-electron chi connectivity index (χ4n) is 2.67. The maximum Gasteiger partial charge on any atom is 0.160 e. The molecule has 1 aromatic carbocycles. The number of benzene rings is 1. The van der Waals surface area contributed by atoms with Crippen molar-refractivity contribution in [1.82, 2.24) is 9.97 Å². The molecule has 0 radical (unpaired) electrons. The Morgan fingerprint density at radius 3 is 2.92 bits per heavy atom. The Morgan fingerprint density at radius 2 is 2.17 bits per heavy atom. The SMILES string of the molecule is COc1cccc(-c2nc3c(c(SCCO)n2)COC(C)(C)C3)c1. The normalized spacial score (nSPS) is 15.8. The molecule has 0 fully saturated rings. The molecule has 1 aliphatic heterocycles. The smallest absolute Gasteiger partial charge is 0.160 e. The number of fused-ring (bicyclic) bond motifs is 1. The second-order valence-corrected chi connectivity index (χ2v) is 7.39. The van der Waals surface area contributed by atoms with Crippen molar-refractivity contribution in [3.05, 3.63) is 35.5 Å². The zero-order chi connectivity index (χ0) is 17.2. The zero-order valence-corrected chi connectivity index (χ0v) is 15.0. The van der Waals surface area contributed by atoms with Gasteiger partial charge in [0.25, 0.3) is 0 Å². The van der Waals surface area contributed by atoms with Crippen molar-refractivity contribution in [2.24, 2.45) is 0 Å². The van der Waals surface area contributed by atoms with E-state index in [1.54, 1.807) is 18.9 Å². The number of nitrogens with zero attached hydrogens (tertiary/aromatic N) is 2. The summed E-state index contributed by atoms with van der Waals surface area (Å²) in [5.41, 5.74) is 2.76. The molecular formula is C18H22N2O3S. The number of hydrogen-bond donors (Lipinski definition) is 1. The van der Waals surface area contributed by atoms with Crippen LogP contribution in [-0.4, -0.2) is 40.1 Å². The van der Waals surface area contributed by atoms with Crippen molar-refractivity contribution >= 4 is 11.8 Å². The molecule has 0 spiro atoms. The van der Waals surface area contributed by atoms with E-state index in [1.807, 2.05) is 24.3 Å². The van der Waals surface area contributed by atoms with Crippen LogP contribution in [0.25, 0.3) is 11.4 Å². The summed E-state index contributed by atoms with van der Waals surface area (Å²) in [5.74, 6) is 2.07. The lowest BCUT2D eigenvalue weighted by molar-refractivity contribution is -0.0428. The van der Waals surface area contributed by atoms with Gasteiger partial charge in [0, 0.05) is 23.3 Å². The van der Waals surface area contributed by atoms with Crippen LogP contribution in [0.3, 0.4) is 0 Å². The van der Waals surface area contributed by atoms with Crippen molar-refractivity contribution in [3.8, 4) is 17.1 Å². The standard InChI is InChI=1S/C18H22N2O3S/c1-18(2)10-15-14(11-23-18)17(24-8-7-21)20-16(19-15)12-5-4-6-13(9-12)22-3/h4-6,9,21H,7-8,10-11H2,1-3H3. The lowest BCUT2D eigenvalue weighted by Crippen LogP contribution is -2.33. The Morgan fingerprint density at radius 1 is 1.33 bits per heavy atom. The van der Waals surface area contributed by atoms with Crippen molar-refractivity contribution in [1.29, 1.82) is 0 Å². The van der Waals surface area contributed by atoms with Gasteiger partial charge in [-0.15, -0.1) is 11.8 Å². The monoisotopic (exact) mass is 346 g/mol. The third kappa shape index (κ3) is 3.71. The largest absolute Gasteiger partial charge is 0.497 e. The Balaban J connectivity index is 2.06. The first-order valence-corrected chi connectivity index (χ1v) is 8.93. The molecule has 0 amide bonds. The first-order valence-electron chi connectivity index (χ1n) is 7.94. The van der Waals surface area contributed by atoms with Crippen LogP contribution in [0.4, 0.5) is 0 Å². The maximum atomic E-state index is 9.16. The molecule has 24 heavy (non-hydrogen) atoms. The van der Waals surface area contributed by atoms with Crippen LogP contribution in [0.2, 0.25) is 0 Å². The summed E-state index contributed by atoms with van der Waals surface area (Å²) in [5, 5.41) is 10.0. The van der Waals surface area contributed by atoms with Crippen molar-refractivity contribution < 1.29 is 14.6 Å². The second kappa shape index (κ2) is 7.09. The van der Waals surface area contributed by atoms with Gasteiger partial charge in [-0.3, -0.25) is 0 Å². The van der Waals surface area contributed by atoms with E-state index in [4.69, 9.17) is 24.5 Å². The number of hydrogen-bond acceptors (Lipinski definition) is 6. The summed E-state index contributed by atoms with van der Waals surface area (Å²) in [6.07, 6.45) is 0.745. The highest BCUT2D eigenvalue weighted by Gasteiger charge is 2.30. The molecule has 2 heterocycles. The number of aliphatic hydroxyl groups excluding tert-OH is 1. The molecule has 0 saturated carbocycles. The van der Waals surface area contributed by atoms with Crippen LogP contribution < -0.4 is 4.74 Å². The van der Waals surface area contributed by atoms with Crippen LogP contribution in [0.1, 0.15) is 25.1 Å². The van der Waals surface area contributed by atoms with Gasteiger partial charge >= 0.3 is 0 Å². The Hall–Kier alpha value is -1.63. The molecule has 0 atom stereocenters. The summed E-state index contributed by atoms with van der Waals surface area (Å²) < 4.78 is 11.2. The van der Waals surface area contributed by atoms with E-state index in [-0.39, 0.29) is 12.2 Å². The van der Waals surface area contributed by atoms with Crippen LogP contribution in [0, 0.1) is 0 Å². The molecule has 0 saturated heterocycles. The number of aromatic nitrogens is 2. The molecule has 1 aliphatic rings. The minimum Gasteiger partial charge on any atom is -0.497 e. The van der Waals surface area contributed by atoms with Gasteiger partial charge in [0.05, 0.1) is 31.6 Å². The van der Waals surface area contributed by atoms with Crippen molar-refractivity contribution in [2.75, 3.05) is 19.5 Å². The molecule has 0 unspecified atom stereocenters. The quantitative estimate of drug-likeness (QED) is 0.663. The van der Waals surface area contributed by atoms with Gasteiger partial charge in [0.15, 0.2) is 5.82 Å². The van der Waals surface area contributed by atoms with Crippen molar-refractivity contribution in [3.63, 3.8) is 0 Å². The van der Waals surface area contributed by atoms with Gasteiger partial charge in [-0.05, 0) is 26.0 Å². The molecule has 1 N–H and O–H groups in total. The predicted octanol–water partition coefficient (Wildman–Crippen LogP) is 3.09. The minimum atomic E-state index is -0.230. The van der Waals surface area contributed by atoms with Gasteiger partial charge in [0.1, 0.15) is 10.8 Å². The average Bonchev–Trinajstić information content (AvgIpc) is 2.58. The third-order valence-corrected chi connectivity index (χ3v) is 4.91. The molecule has 1 aromatic heterocycles. The molecule has 2 aromatic rings. The van der Waals surface area contributed by atoms with Gasteiger partial charge in [0.2, 0.25) is 0 Å². The third-order valence-electron chi connectivity index (χ3n) is 3.91. The summed E-state index contributed by atoms with van der Waals surface area (Å²) in [4.78, 5) is 9.52. The predicted molar refractivity (Wildman–Crippen MR) is 94.4 cm³/mol. The fraction of sp³-hybridized carbons (Fsp3) is 0.444. The number of methoxy groups -OCH3 is 1. The van der Waals surface area contributed by atoms with Crippen LogP contribution in [0.15, 0.2) is 29.3 Å². The van der Waals surface area contributed by atoms with E-state index >= 15 is 0 Å². The summed E-state index contributed by atoms with van der Waals surface area (Å²) in [6.45, 7) is 4.77. The van der Waals surface area contributed by atoms with E-state index in [0.29, 0.717) is 18.2 Å². The molecule has 5 nitrogen and oxygen atoms in total. The highest BCUT2D eigenvalue weighted by Crippen LogP contribution is 2.34. The van der Waals surface area contributed by atoms with Crippen LogP contribution >= 0.6 is 11.8 Å². The summed E-state index contributed by atoms with van der Waals surface area (Å²) in [6, 6.07) is 7.76. The van der Waals surface area contributed by atoms with Gasteiger partial charge in [-0.1, -0.05) is 12.1 Å². The lowest BCUT2D eigenvalue weighted by atomic mass is 9.96. The lowest BCUT2D eigenvalue weighted by Gasteiger charge is -2.32. The maximum absolute atomic E-state index is 9.16. The van der Waals surface area contributed by atoms with Gasteiger partial charge in [-0.25, -0.2) is 9.97 Å². The topological polar surface area (TPSA) is 64.5 Å². The molecule has 3 rings (SSSR count). The first kappa shape index (κ1) is 17.2. The molecular weight excluding hydrogens is 324 g/mol. The van der Waals surface area contributed by atoms with E-state index in [9.17, 15) is 0 Å². The highest BCUT2D eigenvalue weighted by atomic mass is 32.2. The van der Waals surface area contributed by atoms with E-state index in [2.05, 4.69) is 13.8 Å². The number of rotatable bonds is 5. The summed E-state index contributed by atoms with van der Waals surface area (Å²) in [7, 11) is 1.65. The Bertz CT molecular complexity index is 734. The van der Waals surface area contributed by atoms with Crippen molar-refractivity contribution in [2.45, 2.75) is 37.5 Å². The Labute approximate surface area is 146 Å². The average molecular weight is 346 g/mol. The van der Waals surface area contributed by atoms with E-state index in [0.717, 1.165) is 34.0 Å². The second-order valence-electron chi connectivity index (χ2n) is 6.31. The van der Waals surface area contributed by atoms with Gasteiger partial charge in [-0.2, -0.15) is 0 Å². The number of thioether (sulfide) groups is 1. The van der Waals surface area contributed by atoms with E-state index < -0.39 is 0 Å². The minimum absolute atomic E-state index is 0.115. The highest BCUT2D eigenvalue weighted by molar-refractivity contribution is 7.99. The zero-order valence-electron chi connectivity index (χ0n) is 14.2. The first-order chi connectivity index (χ1) is 11.5.